The van der Waals surface area contributed by atoms with Crippen molar-refractivity contribution in [2.24, 2.45) is 0 Å². The molecule has 1 unspecified atom stereocenters. The van der Waals surface area contributed by atoms with Crippen LogP contribution in [-0.2, 0) is 11.2 Å². The first-order valence-corrected chi connectivity index (χ1v) is 7.46. The van der Waals surface area contributed by atoms with Crippen LogP contribution in [0.4, 0.5) is 0 Å². The summed E-state index contributed by atoms with van der Waals surface area (Å²) in [5, 5.41) is 5.92. The molecule has 4 heteroatoms. The zero-order valence-electron chi connectivity index (χ0n) is 11.0. The molecule has 2 aromatic carbocycles. The van der Waals surface area contributed by atoms with Crippen molar-refractivity contribution in [2.75, 3.05) is 6.67 Å². The van der Waals surface area contributed by atoms with E-state index in [-0.39, 0.29) is 11.9 Å². The van der Waals surface area contributed by atoms with Crippen molar-refractivity contribution in [2.45, 2.75) is 22.3 Å². The molecular formula is C16H16N2OS. The maximum Gasteiger partial charge on any atom is 0.238 e. The van der Waals surface area contributed by atoms with Gasteiger partial charge in [0.2, 0.25) is 5.91 Å². The lowest BCUT2D eigenvalue weighted by Crippen LogP contribution is -2.30. The van der Waals surface area contributed by atoms with Crippen molar-refractivity contribution < 1.29 is 4.79 Å². The van der Waals surface area contributed by atoms with Gasteiger partial charge in [0.05, 0.1) is 12.7 Å². The Morgan fingerprint density at radius 2 is 1.70 bits per heavy atom. The topological polar surface area (TPSA) is 41.1 Å². The first-order valence-electron chi connectivity index (χ1n) is 6.64. The minimum atomic E-state index is -0.0948. The van der Waals surface area contributed by atoms with Gasteiger partial charge in [0, 0.05) is 9.79 Å². The lowest BCUT2D eigenvalue weighted by molar-refractivity contribution is -0.120. The van der Waals surface area contributed by atoms with Crippen LogP contribution in [-0.4, -0.2) is 18.6 Å². The van der Waals surface area contributed by atoms with Crippen LogP contribution in [0.25, 0.3) is 0 Å². The van der Waals surface area contributed by atoms with E-state index in [2.05, 4.69) is 47.0 Å². The number of hydrogen-bond donors (Lipinski definition) is 2. The van der Waals surface area contributed by atoms with Gasteiger partial charge in [-0.3, -0.25) is 10.1 Å². The van der Waals surface area contributed by atoms with E-state index in [1.165, 1.54) is 15.4 Å². The van der Waals surface area contributed by atoms with Gasteiger partial charge in [-0.1, -0.05) is 42.1 Å². The zero-order valence-corrected chi connectivity index (χ0v) is 11.8. The van der Waals surface area contributed by atoms with Crippen molar-refractivity contribution in [3.05, 3.63) is 60.2 Å². The van der Waals surface area contributed by atoms with E-state index in [1.54, 1.807) is 11.8 Å². The maximum absolute atomic E-state index is 11.5. The van der Waals surface area contributed by atoms with Crippen molar-refractivity contribution in [1.82, 2.24) is 10.6 Å². The molecule has 3 nitrogen and oxygen atoms in total. The summed E-state index contributed by atoms with van der Waals surface area (Å²) < 4.78 is 0. The molecule has 2 aromatic rings. The summed E-state index contributed by atoms with van der Waals surface area (Å²) >= 11 is 1.74. The van der Waals surface area contributed by atoms with E-state index in [1.807, 2.05) is 18.2 Å². The van der Waals surface area contributed by atoms with Gasteiger partial charge in [-0.15, -0.1) is 0 Å². The summed E-state index contributed by atoms with van der Waals surface area (Å²) in [4.78, 5) is 14.0. The van der Waals surface area contributed by atoms with E-state index in [0.717, 1.165) is 6.42 Å². The highest BCUT2D eigenvalue weighted by molar-refractivity contribution is 7.99. The van der Waals surface area contributed by atoms with Crippen LogP contribution in [0.3, 0.4) is 0 Å². The predicted octanol–water partition coefficient (Wildman–Crippen LogP) is 2.43. The molecule has 0 bridgehead atoms. The highest BCUT2D eigenvalue weighted by Crippen LogP contribution is 2.27. The molecule has 1 heterocycles. The van der Waals surface area contributed by atoms with Gasteiger partial charge in [-0.2, -0.15) is 0 Å². The van der Waals surface area contributed by atoms with E-state index in [9.17, 15) is 4.79 Å². The number of hydrogen-bond acceptors (Lipinski definition) is 3. The van der Waals surface area contributed by atoms with Crippen molar-refractivity contribution in [1.29, 1.82) is 0 Å². The molecule has 1 aliphatic rings. The number of nitrogens with one attached hydrogen (secondary N) is 2. The lowest BCUT2D eigenvalue weighted by atomic mass is 10.1. The molecule has 102 valence electrons. The quantitative estimate of drug-likeness (QED) is 0.906. The molecule has 0 aromatic heterocycles. The van der Waals surface area contributed by atoms with Gasteiger partial charge in [0.25, 0.3) is 0 Å². The molecule has 1 saturated heterocycles. The minimum Gasteiger partial charge on any atom is -0.342 e. The minimum absolute atomic E-state index is 0.0905. The highest BCUT2D eigenvalue weighted by atomic mass is 32.2. The Kier molecular flexibility index (Phi) is 4.04. The Bertz CT molecular complexity index is 583. The van der Waals surface area contributed by atoms with Crippen LogP contribution >= 0.6 is 11.8 Å². The van der Waals surface area contributed by atoms with E-state index in [0.29, 0.717) is 6.67 Å². The highest BCUT2D eigenvalue weighted by Gasteiger charge is 2.23. The number of carbonyl (C=O) groups excluding carboxylic acids is 1. The Labute approximate surface area is 122 Å². The molecule has 1 atom stereocenters. The second kappa shape index (κ2) is 6.11. The monoisotopic (exact) mass is 284 g/mol. The van der Waals surface area contributed by atoms with Gasteiger partial charge in [-0.25, -0.2) is 0 Å². The summed E-state index contributed by atoms with van der Waals surface area (Å²) in [6.07, 6.45) is 0.738. The van der Waals surface area contributed by atoms with Crippen molar-refractivity contribution in [3.8, 4) is 0 Å². The second-order valence-electron chi connectivity index (χ2n) is 4.74. The average Bonchev–Trinajstić information content (AvgIpc) is 2.88. The molecule has 0 spiro atoms. The number of rotatable bonds is 4. The Morgan fingerprint density at radius 1 is 1.00 bits per heavy atom. The fraction of sp³-hybridized carbons (Fsp3) is 0.188. The largest absolute Gasteiger partial charge is 0.342 e. The number of carbonyl (C=O) groups is 1. The van der Waals surface area contributed by atoms with E-state index in [4.69, 9.17) is 0 Å². The van der Waals surface area contributed by atoms with Crippen LogP contribution in [0.15, 0.2) is 64.4 Å². The first-order chi connectivity index (χ1) is 9.81. The fourth-order valence-electron chi connectivity index (χ4n) is 2.20. The molecular weight excluding hydrogens is 268 g/mol. The molecule has 1 aliphatic heterocycles. The van der Waals surface area contributed by atoms with Crippen LogP contribution in [0.5, 0.6) is 0 Å². The van der Waals surface area contributed by atoms with E-state index >= 15 is 0 Å². The fourth-order valence-corrected chi connectivity index (χ4v) is 3.03. The summed E-state index contributed by atoms with van der Waals surface area (Å²) in [5.74, 6) is 0.0905. The molecule has 0 saturated carbocycles. The van der Waals surface area contributed by atoms with Crippen molar-refractivity contribution >= 4 is 17.7 Å². The molecule has 0 radical (unpaired) electrons. The van der Waals surface area contributed by atoms with Crippen LogP contribution in [0, 0.1) is 0 Å². The Hall–Kier alpha value is -1.78. The Morgan fingerprint density at radius 3 is 2.35 bits per heavy atom. The Balaban J connectivity index is 1.64. The number of amides is 1. The molecule has 1 fully saturated rings. The second-order valence-corrected chi connectivity index (χ2v) is 5.88. The molecule has 2 N–H and O–H groups in total. The van der Waals surface area contributed by atoms with Crippen LogP contribution < -0.4 is 10.6 Å². The summed E-state index contributed by atoms with van der Waals surface area (Å²) in [7, 11) is 0. The molecule has 20 heavy (non-hydrogen) atoms. The SMILES string of the molecule is O=C1NCNC1Cc1ccc(Sc2ccccc2)cc1. The maximum atomic E-state index is 11.5. The van der Waals surface area contributed by atoms with Gasteiger partial charge in [0.1, 0.15) is 0 Å². The van der Waals surface area contributed by atoms with Gasteiger partial charge in [0.15, 0.2) is 0 Å². The van der Waals surface area contributed by atoms with Gasteiger partial charge < -0.3 is 5.32 Å². The summed E-state index contributed by atoms with van der Waals surface area (Å²) in [5.41, 5.74) is 1.18. The van der Waals surface area contributed by atoms with Gasteiger partial charge >= 0.3 is 0 Å². The van der Waals surface area contributed by atoms with Crippen LogP contribution in [0.2, 0.25) is 0 Å². The first kappa shape index (κ1) is 13.2. The molecule has 0 aliphatic carbocycles. The smallest absolute Gasteiger partial charge is 0.238 e. The normalized spacial score (nSPS) is 18.0. The predicted molar refractivity (Wildman–Crippen MR) is 80.6 cm³/mol. The third-order valence-electron chi connectivity index (χ3n) is 3.27. The molecule has 1 amide bonds. The lowest BCUT2D eigenvalue weighted by Gasteiger charge is -2.08. The average molecular weight is 284 g/mol. The molecule has 3 rings (SSSR count). The third-order valence-corrected chi connectivity index (χ3v) is 4.29. The zero-order chi connectivity index (χ0) is 13.8. The van der Waals surface area contributed by atoms with Crippen molar-refractivity contribution in [3.63, 3.8) is 0 Å². The summed E-state index contributed by atoms with van der Waals surface area (Å²) in [6.45, 7) is 0.575. The van der Waals surface area contributed by atoms with Crippen LogP contribution in [0.1, 0.15) is 5.56 Å². The van der Waals surface area contributed by atoms with Gasteiger partial charge in [-0.05, 0) is 36.2 Å². The van der Waals surface area contributed by atoms with E-state index < -0.39 is 0 Å². The summed E-state index contributed by atoms with van der Waals surface area (Å²) in [6, 6.07) is 18.6. The third kappa shape index (κ3) is 3.21. The standard InChI is InChI=1S/C16H16N2OS/c19-16-15(17-11-18-16)10-12-6-8-14(9-7-12)20-13-4-2-1-3-5-13/h1-9,15,17H,10-11H2,(H,18,19). The number of benzene rings is 2.